The third-order valence-electron chi connectivity index (χ3n) is 3.60. The summed E-state index contributed by atoms with van der Waals surface area (Å²) >= 11 is 0. The Bertz CT molecular complexity index is 396. The van der Waals surface area contributed by atoms with Crippen molar-refractivity contribution in [1.29, 1.82) is 0 Å². The number of nitrogens with zero attached hydrogens (tertiary/aromatic N) is 1. The minimum Gasteiger partial charge on any atom is -0.392 e. The monoisotopic (exact) mass is 261 g/mol. The Labute approximate surface area is 115 Å². The first kappa shape index (κ1) is 14.3. The van der Waals surface area contributed by atoms with Crippen molar-refractivity contribution in [2.75, 3.05) is 26.2 Å². The molecule has 0 amide bonds. The number of piperidine rings is 1. The summed E-state index contributed by atoms with van der Waals surface area (Å²) in [5, 5.41) is 19.6. The predicted molar refractivity (Wildman–Crippen MR) is 77.8 cm³/mol. The predicted octanol–water partition coefficient (Wildman–Crippen LogP) is 1.91. The molecule has 0 aliphatic carbocycles. The molecular weight excluding hydrogens is 238 g/mol. The Morgan fingerprint density at radius 2 is 1.84 bits per heavy atom. The summed E-state index contributed by atoms with van der Waals surface area (Å²) in [7, 11) is 0. The lowest BCUT2D eigenvalue weighted by molar-refractivity contribution is 0.131. The van der Waals surface area contributed by atoms with Gasteiger partial charge in [0.15, 0.2) is 0 Å². The molecule has 3 heteroatoms. The van der Waals surface area contributed by atoms with Crippen LogP contribution in [0.5, 0.6) is 0 Å². The van der Waals surface area contributed by atoms with Gasteiger partial charge in [-0.05, 0) is 43.1 Å². The van der Waals surface area contributed by atoms with E-state index < -0.39 is 6.10 Å². The van der Waals surface area contributed by atoms with Crippen molar-refractivity contribution in [2.45, 2.75) is 25.4 Å². The number of hydrogen-bond acceptors (Lipinski definition) is 3. The van der Waals surface area contributed by atoms with E-state index in [4.69, 9.17) is 0 Å². The molecule has 1 unspecified atom stereocenters. The highest BCUT2D eigenvalue weighted by atomic mass is 16.3. The third-order valence-corrected chi connectivity index (χ3v) is 3.60. The Kier molecular flexibility index (Phi) is 5.58. The number of β-amino-alcohol motifs (C(OH)–C–C–N with tert-alkyl or cyclic N) is 1. The van der Waals surface area contributed by atoms with E-state index in [-0.39, 0.29) is 6.61 Å². The first-order valence-electron chi connectivity index (χ1n) is 7.07. The molecule has 0 spiro atoms. The summed E-state index contributed by atoms with van der Waals surface area (Å²) in [6.07, 6.45) is 5.02. The molecule has 0 aromatic heterocycles. The molecule has 1 fully saturated rings. The number of aliphatic hydroxyl groups excluding tert-OH is 2. The Hall–Kier alpha value is -1.16. The van der Waals surface area contributed by atoms with E-state index in [2.05, 4.69) is 4.90 Å². The Morgan fingerprint density at radius 1 is 1.16 bits per heavy atom. The van der Waals surface area contributed by atoms with Crippen molar-refractivity contribution in [2.24, 2.45) is 0 Å². The van der Waals surface area contributed by atoms with E-state index in [0.29, 0.717) is 6.54 Å². The molecule has 104 valence electrons. The maximum Gasteiger partial charge on any atom is 0.0854 e. The van der Waals surface area contributed by atoms with Gasteiger partial charge in [0.2, 0.25) is 0 Å². The van der Waals surface area contributed by atoms with Gasteiger partial charge in [0.1, 0.15) is 0 Å². The molecule has 1 aliphatic rings. The quantitative estimate of drug-likeness (QED) is 0.851. The molecular formula is C16H23NO2. The largest absolute Gasteiger partial charge is 0.392 e. The lowest BCUT2D eigenvalue weighted by atomic mass is 10.0. The van der Waals surface area contributed by atoms with Gasteiger partial charge < -0.3 is 15.1 Å². The topological polar surface area (TPSA) is 43.7 Å². The SMILES string of the molecule is OC/C(=C\C(O)CN1CCCCC1)c1ccccc1. The molecule has 3 nitrogen and oxygen atoms in total. The summed E-state index contributed by atoms with van der Waals surface area (Å²) in [6.45, 7) is 2.77. The summed E-state index contributed by atoms with van der Waals surface area (Å²) in [4.78, 5) is 2.30. The third kappa shape index (κ3) is 4.46. The highest BCUT2D eigenvalue weighted by molar-refractivity contribution is 5.66. The van der Waals surface area contributed by atoms with Crippen LogP contribution in [-0.2, 0) is 0 Å². The van der Waals surface area contributed by atoms with Crippen LogP contribution in [0.3, 0.4) is 0 Å². The average molecular weight is 261 g/mol. The molecule has 0 radical (unpaired) electrons. The molecule has 2 rings (SSSR count). The van der Waals surface area contributed by atoms with E-state index in [1.54, 1.807) is 6.08 Å². The van der Waals surface area contributed by atoms with Gasteiger partial charge in [0.05, 0.1) is 12.7 Å². The van der Waals surface area contributed by atoms with Gasteiger partial charge in [-0.25, -0.2) is 0 Å². The number of rotatable bonds is 5. The molecule has 1 atom stereocenters. The molecule has 1 aromatic rings. The second kappa shape index (κ2) is 7.43. The summed E-state index contributed by atoms with van der Waals surface area (Å²) in [5.41, 5.74) is 1.77. The maximum absolute atomic E-state index is 10.1. The lowest BCUT2D eigenvalue weighted by Gasteiger charge is -2.27. The van der Waals surface area contributed by atoms with Crippen LogP contribution in [0, 0.1) is 0 Å². The first-order valence-corrected chi connectivity index (χ1v) is 7.07. The fraction of sp³-hybridized carbons (Fsp3) is 0.500. The van der Waals surface area contributed by atoms with Crippen LogP contribution in [0.1, 0.15) is 24.8 Å². The van der Waals surface area contributed by atoms with Crippen molar-refractivity contribution in [3.8, 4) is 0 Å². The van der Waals surface area contributed by atoms with E-state index in [0.717, 1.165) is 24.2 Å². The van der Waals surface area contributed by atoms with Crippen LogP contribution >= 0.6 is 0 Å². The highest BCUT2D eigenvalue weighted by Gasteiger charge is 2.13. The van der Waals surface area contributed by atoms with Crippen molar-refractivity contribution in [3.63, 3.8) is 0 Å². The van der Waals surface area contributed by atoms with Crippen LogP contribution in [0.25, 0.3) is 5.57 Å². The van der Waals surface area contributed by atoms with Gasteiger partial charge in [-0.3, -0.25) is 0 Å². The summed E-state index contributed by atoms with van der Waals surface area (Å²) in [6, 6.07) is 9.74. The first-order chi connectivity index (χ1) is 9.29. The molecule has 1 saturated heterocycles. The van der Waals surface area contributed by atoms with Crippen LogP contribution in [-0.4, -0.2) is 47.5 Å². The van der Waals surface area contributed by atoms with Crippen molar-refractivity contribution < 1.29 is 10.2 Å². The minimum atomic E-state index is -0.513. The van der Waals surface area contributed by atoms with Crippen molar-refractivity contribution in [3.05, 3.63) is 42.0 Å². The second-order valence-electron chi connectivity index (χ2n) is 5.14. The van der Waals surface area contributed by atoms with E-state index in [9.17, 15) is 10.2 Å². The highest BCUT2D eigenvalue weighted by Crippen LogP contribution is 2.15. The zero-order valence-electron chi connectivity index (χ0n) is 11.3. The van der Waals surface area contributed by atoms with Crippen molar-refractivity contribution in [1.82, 2.24) is 4.90 Å². The van der Waals surface area contributed by atoms with Gasteiger partial charge in [0, 0.05) is 6.54 Å². The summed E-state index contributed by atoms with van der Waals surface area (Å²) < 4.78 is 0. The minimum absolute atomic E-state index is 0.0406. The molecule has 1 aromatic carbocycles. The zero-order chi connectivity index (χ0) is 13.5. The van der Waals surface area contributed by atoms with Crippen molar-refractivity contribution >= 4 is 5.57 Å². The fourth-order valence-corrected chi connectivity index (χ4v) is 2.58. The fourth-order valence-electron chi connectivity index (χ4n) is 2.58. The Morgan fingerprint density at radius 3 is 2.47 bits per heavy atom. The van der Waals surface area contributed by atoms with E-state index in [1.165, 1.54) is 19.3 Å². The molecule has 0 bridgehead atoms. The zero-order valence-corrected chi connectivity index (χ0v) is 11.3. The maximum atomic E-state index is 10.1. The van der Waals surface area contributed by atoms with Gasteiger partial charge in [-0.1, -0.05) is 36.8 Å². The number of aliphatic hydroxyl groups is 2. The molecule has 1 aliphatic heterocycles. The smallest absolute Gasteiger partial charge is 0.0854 e. The van der Waals surface area contributed by atoms with Crippen LogP contribution in [0.15, 0.2) is 36.4 Å². The van der Waals surface area contributed by atoms with Gasteiger partial charge in [-0.2, -0.15) is 0 Å². The van der Waals surface area contributed by atoms with E-state index in [1.807, 2.05) is 30.3 Å². The van der Waals surface area contributed by atoms with Gasteiger partial charge >= 0.3 is 0 Å². The lowest BCUT2D eigenvalue weighted by Crippen LogP contribution is -2.35. The van der Waals surface area contributed by atoms with Gasteiger partial charge in [-0.15, -0.1) is 0 Å². The Balaban J connectivity index is 1.97. The normalized spacial score (nSPS) is 19.4. The standard InChI is InChI=1S/C16H23NO2/c18-13-15(14-7-3-1-4-8-14)11-16(19)12-17-9-5-2-6-10-17/h1,3-4,7-8,11,16,18-19H,2,5-6,9-10,12-13H2/b15-11+. The van der Waals surface area contributed by atoms with Gasteiger partial charge in [0.25, 0.3) is 0 Å². The molecule has 1 heterocycles. The average Bonchev–Trinajstić information content (AvgIpc) is 2.47. The molecule has 19 heavy (non-hydrogen) atoms. The van der Waals surface area contributed by atoms with E-state index >= 15 is 0 Å². The van der Waals surface area contributed by atoms with Crippen LogP contribution < -0.4 is 0 Å². The molecule has 0 saturated carbocycles. The number of benzene rings is 1. The van der Waals surface area contributed by atoms with Crippen LogP contribution in [0.2, 0.25) is 0 Å². The number of likely N-dealkylation sites (tertiary alicyclic amines) is 1. The summed E-state index contributed by atoms with van der Waals surface area (Å²) in [5.74, 6) is 0. The second-order valence-corrected chi connectivity index (χ2v) is 5.14. The van der Waals surface area contributed by atoms with Crippen LogP contribution in [0.4, 0.5) is 0 Å². The number of hydrogen-bond donors (Lipinski definition) is 2. The molecule has 2 N–H and O–H groups in total.